The van der Waals surface area contributed by atoms with Crippen LogP contribution in [0.1, 0.15) is 5.56 Å². The minimum Gasteiger partial charge on any atom is -0.302 e. The van der Waals surface area contributed by atoms with Crippen molar-refractivity contribution in [3.63, 3.8) is 0 Å². The van der Waals surface area contributed by atoms with Crippen LogP contribution in [-0.4, -0.2) is 38.3 Å². The van der Waals surface area contributed by atoms with E-state index in [1.807, 2.05) is 13.0 Å². The minimum atomic E-state index is -1.84. The Labute approximate surface area is 90.6 Å². The van der Waals surface area contributed by atoms with Crippen molar-refractivity contribution in [3.05, 3.63) is 29.8 Å². The summed E-state index contributed by atoms with van der Waals surface area (Å²) >= 11 is -1.84. The first-order chi connectivity index (χ1) is 4.70. The van der Waals surface area contributed by atoms with E-state index >= 15 is 0 Å². The van der Waals surface area contributed by atoms with Gasteiger partial charge in [0.25, 0.3) is 0 Å². The molecule has 0 fully saturated rings. The fraction of sp³-hybridized carbons (Fsp3) is 0.143. The fourth-order valence-corrected chi connectivity index (χ4v) is 1.21. The molecule has 1 aromatic carbocycles. The monoisotopic (exact) mass is 179 g/mol. The Morgan fingerprint density at radius 3 is 2.45 bits per heavy atom. The molecule has 0 aliphatic rings. The quantitative estimate of drug-likeness (QED) is 0.519. The van der Waals surface area contributed by atoms with E-state index in [1.54, 1.807) is 18.2 Å². The van der Waals surface area contributed by atoms with E-state index in [2.05, 4.69) is 0 Å². The van der Waals surface area contributed by atoms with Gasteiger partial charge in [-0.3, -0.25) is 0 Å². The summed E-state index contributed by atoms with van der Waals surface area (Å²) in [6.45, 7) is 1.89. The maximum atomic E-state index is 10.5. The topological polar surface area (TPSA) is 37.3 Å². The van der Waals surface area contributed by atoms with Crippen LogP contribution < -0.4 is 0 Å². The van der Waals surface area contributed by atoms with Gasteiger partial charge in [-0.2, -0.15) is 0 Å². The molecule has 0 heterocycles. The van der Waals surface area contributed by atoms with Crippen LogP contribution in [0.2, 0.25) is 0 Å². The summed E-state index contributed by atoms with van der Waals surface area (Å²) in [5.74, 6) is 0. The Morgan fingerprint density at radius 2 is 2.09 bits per heavy atom. The van der Waals surface area contributed by atoms with E-state index in [0.717, 1.165) is 5.56 Å². The third-order valence-corrected chi connectivity index (χ3v) is 1.85. The van der Waals surface area contributed by atoms with Gasteiger partial charge >= 0.3 is 0 Å². The van der Waals surface area contributed by atoms with Gasteiger partial charge in [0, 0.05) is 29.6 Å². The summed E-state index contributed by atoms with van der Waals surface area (Å²) in [7, 11) is 0. The SMILES string of the molecule is Cc1cccc(S(=O)O)c1.[Na]. The molecule has 0 aliphatic carbocycles. The molecule has 0 saturated carbocycles. The van der Waals surface area contributed by atoms with E-state index in [1.165, 1.54) is 0 Å². The number of hydrogen-bond donors (Lipinski definition) is 1. The summed E-state index contributed by atoms with van der Waals surface area (Å²) < 4.78 is 19.1. The van der Waals surface area contributed by atoms with Crippen LogP contribution in [0.4, 0.5) is 0 Å². The van der Waals surface area contributed by atoms with Crippen LogP contribution in [0.5, 0.6) is 0 Å². The van der Waals surface area contributed by atoms with Crippen LogP contribution >= 0.6 is 0 Å². The molecular formula is C7H8NaO2S. The molecule has 0 bridgehead atoms. The van der Waals surface area contributed by atoms with E-state index in [0.29, 0.717) is 4.90 Å². The van der Waals surface area contributed by atoms with Gasteiger partial charge in [0.2, 0.25) is 0 Å². The molecule has 1 rings (SSSR count). The minimum absolute atomic E-state index is 0. The van der Waals surface area contributed by atoms with E-state index in [-0.39, 0.29) is 29.6 Å². The van der Waals surface area contributed by atoms with E-state index in [4.69, 9.17) is 4.55 Å². The predicted molar refractivity (Wildman–Crippen MR) is 46.0 cm³/mol. The first-order valence-corrected chi connectivity index (χ1v) is 3.98. The molecule has 11 heavy (non-hydrogen) atoms. The molecule has 0 amide bonds. The molecule has 1 atom stereocenters. The summed E-state index contributed by atoms with van der Waals surface area (Å²) in [6, 6.07) is 6.97. The Bertz CT molecular complexity index is 262. The maximum Gasteiger partial charge on any atom is 0.186 e. The normalized spacial score (nSPS) is 11.8. The van der Waals surface area contributed by atoms with Crippen molar-refractivity contribution >= 4 is 40.6 Å². The van der Waals surface area contributed by atoms with Crippen LogP contribution in [0.3, 0.4) is 0 Å². The standard InChI is InChI=1S/C7H8O2S.Na/c1-6-3-2-4-7(5-6)10(8)9;/h2-5H,1H3,(H,8,9);. The Hall–Kier alpha value is 0.330. The van der Waals surface area contributed by atoms with Gasteiger partial charge in [-0.05, 0) is 24.6 Å². The van der Waals surface area contributed by atoms with Crippen molar-refractivity contribution in [2.75, 3.05) is 0 Å². The predicted octanol–water partition coefficient (Wildman–Crippen LogP) is 1.19. The molecule has 55 valence electrons. The van der Waals surface area contributed by atoms with Gasteiger partial charge in [0.15, 0.2) is 11.1 Å². The third-order valence-electron chi connectivity index (χ3n) is 1.19. The largest absolute Gasteiger partial charge is 0.302 e. The summed E-state index contributed by atoms with van der Waals surface area (Å²) in [4.78, 5) is 0.458. The van der Waals surface area contributed by atoms with Gasteiger partial charge < -0.3 is 4.55 Å². The summed E-state index contributed by atoms with van der Waals surface area (Å²) in [5.41, 5.74) is 1.000. The Kier molecular flexibility index (Phi) is 5.21. The smallest absolute Gasteiger partial charge is 0.186 e. The molecule has 0 aliphatic heterocycles. The molecule has 4 heteroatoms. The van der Waals surface area contributed by atoms with Gasteiger partial charge in [-0.1, -0.05) is 12.1 Å². The number of aryl methyl sites for hydroxylation is 1. The summed E-state index contributed by atoms with van der Waals surface area (Å²) in [6.07, 6.45) is 0. The van der Waals surface area contributed by atoms with Crippen molar-refractivity contribution in [3.8, 4) is 0 Å². The summed E-state index contributed by atoms with van der Waals surface area (Å²) in [5, 5.41) is 0. The van der Waals surface area contributed by atoms with Crippen molar-refractivity contribution in [1.82, 2.24) is 0 Å². The Balaban J connectivity index is 0.000001000. The van der Waals surface area contributed by atoms with Gasteiger partial charge in [0.05, 0.1) is 4.90 Å². The van der Waals surface area contributed by atoms with Crippen molar-refractivity contribution < 1.29 is 8.76 Å². The molecule has 1 N–H and O–H groups in total. The average molecular weight is 179 g/mol. The zero-order valence-electron chi connectivity index (χ0n) is 6.57. The van der Waals surface area contributed by atoms with Crippen molar-refractivity contribution in [1.29, 1.82) is 0 Å². The van der Waals surface area contributed by atoms with Gasteiger partial charge in [-0.25, -0.2) is 4.21 Å². The molecular weight excluding hydrogens is 171 g/mol. The first kappa shape index (κ1) is 11.3. The van der Waals surface area contributed by atoms with Gasteiger partial charge in [0.1, 0.15) is 0 Å². The van der Waals surface area contributed by atoms with E-state index in [9.17, 15) is 4.21 Å². The zero-order chi connectivity index (χ0) is 7.56. The molecule has 0 aromatic heterocycles. The molecule has 1 radical (unpaired) electrons. The van der Waals surface area contributed by atoms with E-state index < -0.39 is 11.1 Å². The second-order valence-electron chi connectivity index (χ2n) is 2.07. The van der Waals surface area contributed by atoms with Crippen LogP contribution in [0.25, 0.3) is 0 Å². The second-order valence-corrected chi connectivity index (χ2v) is 3.04. The molecule has 0 saturated heterocycles. The number of hydrogen-bond acceptors (Lipinski definition) is 1. The van der Waals surface area contributed by atoms with Crippen molar-refractivity contribution in [2.24, 2.45) is 0 Å². The maximum absolute atomic E-state index is 10.5. The molecule has 1 unspecified atom stereocenters. The molecule has 0 spiro atoms. The van der Waals surface area contributed by atoms with Crippen molar-refractivity contribution in [2.45, 2.75) is 11.8 Å². The average Bonchev–Trinajstić information content (AvgIpc) is 1.88. The third kappa shape index (κ3) is 3.49. The molecule has 1 aromatic rings. The second kappa shape index (κ2) is 5.06. The first-order valence-electron chi connectivity index (χ1n) is 2.87. The zero-order valence-corrected chi connectivity index (χ0v) is 9.39. The fourth-order valence-electron chi connectivity index (χ4n) is 0.724. The number of rotatable bonds is 1. The molecule has 2 nitrogen and oxygen atoms in total. The van der Waals surface area contributed by atoms with Crippen LogP contribution in [-0.2, 0) is 11.1 Å². The van der Waals surface area contributed by atoms with Crippen LogP contribution in [0, 0.1) is 6.92 Å². The van der Waals surface area contributed by atoms with Gasteiger partial charge in [-0.15, -0.1) is 0 Å². The van der Waals surface area contributed by atoms with Crippen LogP contribution in [0.15, 0.2) is 29.2 Å². The number of benzene rings is 1. The Morgan fingerprint density at radius 1 is 1.45 bits per heavy atom.